The van der Waals surface area contributed by atoms with E-state index >= 15 is 0 Å². The van der Waals surface area contributed by atoms with Crippen molar-refractivity contribution in [3.63, 3.8) is 0 Å². The lowest BCUT2D eigenvalue weighted by atomic mass is 9.67. The van der Waals surface area contributed by atoms with Crippen molar-refractivity contribution in [1.29, 1.82) is 10.5 Å². The van der Waals surface area contributed by atoms with E-state index in [1.807, 2.05) is 0 Å². The standard InChI is InChI=1S/C9H6Cl2N2O2/c1-9(3-13)4(2-12)7(14)5(10)6(11)8(9)15/h4-6H,1H3. The first-order valence-electron chi connectivity index (χ1n) is 4.07. The number of hydrogen-bond donors (Lipinski definition) is 0. The van der Waals surface area contributed by atoms with E-state index in [9.17, 15) is 9.59 Å². The lowest BCUT2D eigenvalue weighted by Gasteiger charge is -2.33. The summed E-state index contributed by atoms with van der Waals surface area (Å²) in [6, 6.07) is 3.32. The lowest BCUT2D eigenvalue weighted by molar-refractivity contribution is -0.137. The number of alkyl halides is 2. The van der Waals surface area contributed by atoms with Crippen LogP contribution < -0.4 is 0 Å². The molecule has 0 aromatic carbocycles. The Kier molecular flexibility index (Phi) is 3.04. The zero-order valence-electron chi connectivity index (χ0n) is 7.70. The Hall–Kier alpha value is -1.10. The number of carbonyl (C=O) groups is 2. The number of nitrogens with zero attached hydrogens (tertiary/aromatic N) is 2. The van der Waals surface area contributed by atoms with Gasteiger partial charge in [-0.1, -0.05) is 0 Å². The van der Waals surface area contributed by atoms with Gasteiger partial charge in [-0.25, -0.2) is 0 Å². The largest absolute Gasteiger partial charge is 0.296 e. The fourth-order valence-electron chi connectivity index (χ4n) is 1.46. The number of carbonyl (C=O) groups excluding carboxylic acids is 2. The van der Waals surface area contributed by atoms with Crippen LogP contribution in [0.1, 0.15) is 6.92 Å². The van der Waals surface area contributed by atoms with Crippen LogP contribution in [0.4, 0.5) is 0 Å². The number of rotatable bonds is 0. The number of halogens is 2. The highest BCUT2D eigenvalue weighted by atomic mass is 35.5. The van der Waals surface area contributed by atoms with Crippen LogP contribution in [0.2, 0.25) is 0 Å². The van der Waals surface area contributed by atoms with E-state index in [1.54, 1.807) is 12.1 Å². The molecule has 1 saturated carbocycles. The third-order valence-corrected chi connectivity index (χ3v) is 3.56. The molecule has 0 radical (unpaired) electrons. The molecule has 1 aliphatic rings. The highest BCUT2D eigenvalue weighted by molar-refractivity contribution is 6.45. The second-order valence-electron chi connectivity index (χ2n) is 3.45. The molecule has 1 fully saturated rings. The van der Waals surface area contributed by atoms with Gasteiger partial charge in [-0.2, -0.15) is 10.5 Å². The topological polar surface area (TPSA) is 81.7 Å². The maximum Gasteiger partial charge on any atom is 0.174 e. The van der Waals surface area contributed by atoms with Crippen LogP contribution in [0, 0.1) is 34.0 Å². The number of hydrogen-bond acceptors (Lipinski definition) is 4. The van der Waals surface area contributed by atoms with E-state index in [2.05, 4.69) is 0 Å². The molecule has 4 atom stereocenters. The molecule has 0 spiro atoms. The molecule has 78 valence electrons. The molecule has 1 rings (SSSR count). The number of Topliss-reactive ketones (excluding diaryl/α,β-unsaturated/α-hetero) is 2. The number of ketones is 2. The molecule has 0 aromatic rings. The molecular weight excluding hydrogens is 239 g/mol. The average molecular weight is 245 g/mol. The van der Waals surface area contributed by atoms with Gasteiger partial charge >= 0.3 is 0 Å². The van der Waals surface area contributed by atoms with Crippen LogP contribution in [-0.4, -0.2) is 22.3 Å². The summed E-state index contributed by atoms with van der Waals surface area (Å²) >= 11 is 11.2. The molecule has 0 amide bonds. The summed E-state index contributed by atoms with van der Waals surface area (Å²) in [4.78, 5) is 23.2. The summed E-state index contributed by atoms with van der Waals surface area (Å²) < 4.78 is 0. The van der Waals surface area contributed by atoms with Crippen molar-refractivity contribution in [2.75, 3.05) is 0 Å². The van der Waals surface area contributed by atoms with Gasteiger partial charge in [-0.15, -0.1) is 23.2 Å². The van der Waals surface area contributed by atoms with Crippen LogP contribution in [0.25, 0.3) is 0 Å². The molecule has 0 aliphatic heterocycles. The molecule has 1 aliphatic carbocycles. The van der Waals surface area contributed by atoms with Gasteiger partial charge in [-0.3, -0.25) is 9.59 Å². The van der Waals surface area contributed by atoms with Gasteiger partial charge < -0.3 is 0 Å². The molecule has 0 aromatic heterocycles. The summed E-state index contributed by atoms with van der Waals surface area (Å²) in [6.07, 6.45) is 0. The Morgan fingerprint density at radius 3 is 2.20 bits per heavy atom. The molecular formula is C9H6Cl2N2O2. The van der Waals surface area contributed by atoms with Gasteiger partial charge in [0.05, 0.1) is 12.1 Å². The lowest BCUT2D eigenvalue weighted by Crippen LogP contribution is -2.54. The first kappa shape index (κ1) is 12.0. The summed E-state index contributed by atoms with van der Waals surface area (Å²) in [5, 5.41) is 15.2. The Morgan fingerprint density at radius 2 is 1.80 bits per heavy atom. The quantitative estimate of drug-likeness (QED) is 0.596. The molecule has 4 unspecified atom stereocenters. The first-order chi connectivity index (χ1) is 6.90. The third kappa shape index (κ3) is 1.51. The predicted molar refractivity (Wildman–Crippen MR) is 52.1 cm³/mol. The highest BCUT2D eigenvalue weighted by Crippen LogP contribution is 2.39. The van der Waals surface area contributed by atoms with Gasteiger partial charge in [0.1, 0.15) is 22.1 Å². The summed E-state index contributed by atoms with van der Waals surface area (Å²) in [5.41, 5.74) is -1.69. The second-order valence-corrected chi connectivity index (χ2v) is 4.39. The first-order valence-corrected chi connectivity index (χ1v) is 4.94. The normalized spacial score (nSPS) is 40.7. The average Bonchev–Trinajstić information content (AvgIpc) is 2.24. The van der Waals surface area contributed by atoms with E-state index in [1.165, 1.54) is 6.92 Å². The van der Waals surface area contributed by atoms with Gasteiger partial charge in [-0.05, 0) is 6.92 Å². The van der Waals surface area contributed by atoms with Crippen LogP contribution in [0.15, 0.2) is 0 Å². The van der Waals surface area contributed by atoms with E-state index < -0.39 is 33.7 Å². The maximum absolute atomic E-state index is 11.7. The fourth-order valence-corrected chi connectivity index (χ4v) is 2.05. The van der Waals surface area contributed by atoms with Crippen molar-refractivity contribution < 1.29 is 9.59 Å². The van der Waals surface area contributed by atoms with Crippen LogP contribution in [-0.2, 0) is 9.59 Å². The third-order valence-electron chi connectivity index (χ3n) is 2.51. The molecule has 6 heteroatoms. The zero-order valence-corrected chi connectivity index (χ0v) is 9.21. The molecule has 15 heavy (non-hydrogen) atoms. The van der Waals surface area contributed by atoms with Crippen LogP contribution >= 0.6 is 23.2 Å². The Labute approximate surface area is 96.4 Å². The Morgan fingerprint density at radius 1 is 1.27 bits per heavy atom. The molecule has 0 saturated heterocycles. The molecule has 4 nitrogen and oxygen atoms in total. The minimum absolute atomic E-state index is 0.664. The van der Waals surface area contributed by atoms with E-state index in [0.29, 0.717) is 0 Å². The second kappa shape index (κ2) is 3.81. The fraction of sp³-hybridized carbons (Fsp3) is 0.556. The highest BCUT2D eigenvalue weighted by Gasteiger charge is 2.56. The maximum atomic E-state index is 11.7. The van der Waals surface area contributed by atoms with Crippen molar-refractivity contribution >= 4 is 34.8 Å². The van der Waals surface area contributed by atoms with E-state index in [0.717, 1.165) is 0 Å². The number of nitriles is 2. The Bertz CT molecular complexity index is 409. The van der Waals surface area contributed by atoms with Crippen molar-refractivity contribution in [3.05, 3.63) is 0 Å². The van der Waals surface area contributed by atoms with E-state index in [-0.39, 0.29) is 0 Å². The monoisotopic (exact) mass is 244 g/mol. The minimum atomic E-state index is -1.69. The smallest absolute Gasteiger partial charge is 0.174 e. The minimum Gasteiger partial charge on any atom is -0.296 e. The summed E-state index contributed by atoms with van der Waals surface area (Å²) in [6.45, 7) is 1.24. The molecule has 0 N–H and O–H groups in total. The van der Waals surface area contributed by atoms with Crippen molar-refractivity contribution in [2.45, 2.75) is 17.7 Å². The van der Waals surface area contributed by atoms with Crippen LogP contribution in [0.5, 0.6) is 0 Å². The predicted octanol–water partition coefficient (Wildman–Crippen LogP) is 1.02. The van der Waals surface area contributed by atoms with Gasteiger partial charge in [0.25, 0.3) is 0 Å². The SMILES string of the molecule is CC1(C#N)C(=O)C(Cl)C(Cl)C(=O)C1C#N. The molecule has 0 heterocycles. The van der Waals surface area contributed by atoms with Gasteiger partial charge in [0.15, 0.2) is 11.6 Å². The zero-order chi connectivity index (χ0) is 11.8. The Balaban J connectivity index is 3.30. The van der Waals surface area contributed by atoms with Gasteiger partial charge in [0.2, 0.25) is 0 Å². The van der Waals surface area contributed by atoms with Crippen molar-refractivity contribution in [2.24, 2.45) is 11.3 Å². The van der Waals surface area contributed by atoms with Crippen molar-refractivity contribution in [3.8, 4) is 12.1 Å². The summed E-state index contributed by atoms with van der Waals surface area (Å²) in [7, 11) is 0. The molecule has 0 bridgehead atoms. The summed E-state index contributed by atoms with van der Waals surface area (Å²) in [5.74, 6) is -2.67. The van der Waals surface area contributed by atoms with Crippen molar-refractivity contribution in [1.82, 2.24) is 0 Å². The van der Waals surface area contributed by atoms with E-state index in [4.69, 9.17) is 33.7 Å². The van der Waals surface area contributed by atoms with Crippen LogP contribution in [0.3, 0.4) is 0 Å². The van der Waals surface area contributed by atoms with Gasteiger partial charge in [0, 0.05) is 0 Å².